The summed E-state index contributed by atoms with van der Waals surface area (Å²) in [4.78, 5) is 0. The van der Waals surface area contributed by atoms with Crippen molar-refractivity contribution in [2.45, 2.75) is 94.9 Å². The van der Waals surface area contributed by atoms with E-state index >= 15 is 0 Å². The van der Waals surface area contributed by atoms with Crippen LogP contribution in [0.25, 0.3) is 0 Å². The van der Waals surface area contributed by atoms with Gasteiger partial charge in [0.2, 0.25) is 0 Å². The van der Waals surface area contributed by atoms with Gasteiger partial charge >= 0.3 is 26.1 Å². The van der Waals surface area contributed by atoms with Gasteiger partial charge in [0.05, 0.1) is 0 Å². The highest BCUT2D eigenvalue weighted by atomic mass is 31.2. The molecule has 31 heavy (non-hydrogen) atoms. The van der Waals surface area contributed by atoms with Crippen LogP contribution in [0.3, 0.4) is 0 Å². The van der Waals surface area contributed by atoms with E-state index < -0.39 is 56.3 Å². The topological polar surface area (TPSA) is 35.5 Å². The van der Waals surface area contributed by atoms with Gasteiger partial charge in [0.15, 0.2) is 12.2 Å². The zero-order chi connectivity index (χ0) is 23.5. The van der Waals surface area contributed by atoms with Crippen LogP contribution >= 0.6 is 7.60 Å². The minimum Gasteiger partial charge on any atom is -0.295 e. The molecular formula is C18H26F9O3P. The van der Waals surface area contributed by atoms with Crippen LogP contribution in [0, 0.1) is 11.8 Å². The Kier molecular flexibility index (Phi) is 8.81. The molecule has 184 valence electrons. The van der Waals surface area contributed by atoms with Gasteiger partial charge in [0, 0.05) is 0 Å². The predicted octanol–water partition coefficient (Wildman–Crippen LogP) is 7.80. The van der Waals surface area contributed by atoms with Crippen LogP contribution in [0.4, 0.5) is 39.5 Å². The summed E-state index contributed by atoms with van der Waals surface area (Å²) in [5.74, 6) is -2.59. The lowest BCUT2D eigenvalue weighted by molar-refractivity contribution is -0.231. The van der Waals surface area contributed by atoms with Crippen molar-refractivity contribution in [1.29, 1.82) is 0 Å². The standard InChI is InChI=1S/C18H26F9O3P/c19-16(20,21)11-31(28,29-14(17(22,23)24)12-7-3-1-4-8-12)30-15(18(25,26)27)13-9-5-2-6-10-13/h12-15H,1-11H2. The van der Waals surface area contributed by atoms with Crippen LogP contribution in [0.2, 0.25) is 0 Å². The maximum Gasteiger partial charge on any atom is 0.415 e. The highest BCUT2D eigenvalue weighted by molar-refractivity contribution is 7.54. The Morgan fingerprint density at radius 3 is 1.23 bits per heavy atom. The molecule has 2 atom stereocenters. The van der Waals surface area contributed by atoms with Crippen LogP contribution in [0.5, 0.6) is 0 Å². The molecule has 2 saturated carbocycles. The quantitative estimate of drug-likeness (QED) is 0.269. The summed E-state index contributed by atoms with van der Waals surface area (Å²) in [7, 11) is -5.84. The van der Waals surface area contributed by atoms with Crippen molar-refractivity contribution in [1.82, 2.24) is 0 Å². The Morgan fingerprint density at radius 2 is 0.968 bits per heavy atom. The average molecular weight is 492 g/mol. The van der Waals surface area contributed by atoms with Crippen LogP contribution < -0.4 is 0 Å². The molecule has 0 N–H and O–H groups in total. The molecule has 3 nitrogen and oxygen atoms in total. The SMILES string of the molecule is O=P(CC(F)(F)F)(OC(C1CCCCC1)C(F)(F)F)OC(C1CCCCC1)C(F)(F)F. The number of hydrogen-bond acceptors (Lipinski definition) is 3. The third-order valence-corrected chi connectivity index (χ3v) is 7.56. The molecule has 2 aliphatic carbocycles. The molecule has 0 spiro atoms. The van der Waals surface area contributed by atoms with Crippen molar-refractivity contribution >= 4 is 7.60 Å². The van der Waals surface area contributed by atoms with Gasteiger partial charge in [0.25, 0.3) is 0 Å². The lowest BCUT2D eigenvalue weighted by atomic mass is 9.85. The number of halogens is 9. The van der Waals surface area contributed by atoms with E-state index in [0.29, 0.717) is 38.5 Å². The molecule has 0 bridgehead atoms. The van der Waals surface area contributed by atoms with E-state index in [1.54, 1.807) is 0 Å². The van der Waals surface area contributed by atoms with E-state index in [4.69, 9.17) is 0 Å². The maximum absolute atomic E-state index is 13.6. The predicted molar refractivity (Wildman–Crippen MR) is 93.5 cm³/mol. The second-order valence-corrected chi connectivity index (χ2v) is 10.3. The van der Waals surface area contributed by atoms with E-state index in [-0.39, 0.29) is 25.7 Å². The zero-order valence-electron chi connectivity index (χ0n) is 16.7. The van der Waals surface area contributed by atoms with E-state index in [9.17, 15) is 44.1 Å². The summed E-state index contributed by atoms with van der Waals surface area (Å²) >= 11 is 0. The Hall–Kier alpha value is -0.480. The van der Waals surface area contributed by atoms with Gasteiger partial charge in [-0.15, -0.1) is 0 Å². The van der Waals surface area contributed by atoms with E-state index in [1.165, 1.54) is 0 Å². The van der Waals surface area contributed by atoms with Crippen molar-refractivity contribution in [2.24, 2.45) is 11.8 Å². The summed E-state index contributed by atoms with van der Waals surface area (Å²) in [5.41, 5.74) is 0. The first-order valence-electron chi connectivity index (χ1n) is 10.3. The second-order valence-electron chi connectivity index (χ2n) is 8.32. The van der Waals surface area contributed by atoms with E-state index in [0.717, 1.165) is 0 Å². The van der Waals surface area contributed by atoms with Gasteiger partial charge < -0.3 is 0 Å². The summed E-state index contributed by atoms with van der Waals surface area (Å²) in [5, 5.41) is 0. The molecule has 0 aromatic carbocycles. The summed E-state index contributed by atoms with van der Waals surface area (Å²) in [6.07, 6.45) is -21.5. The minimum absolute atomic E-state index is 0.0402. The van der Waals surface area contributed by atoms with Gasteiger partial charge in [-0.2, -0.15) is 39.5 Å². The fourth-order valence-corrected chi connectivity index (χ4v) is 6.28. The van der Waals surface area contributed by atoms with Gasteiger partial charge in [-0.1, -0.05) is 38.5 Å². The van der Waals surface area contributed by atoms with Crippen LogP contribution in [-0.2, 0) is 13.6 Å². The van der Waals surface area contributed by atoms with Crippen molar-refractivity contribution in [3.63, 3.8) is 0 Å². The molecule has 0 aromatic heterocycles. The molecule has 0 aromatic rings. The molecule has 2 unspecified atom stereocenters. The Labute approximate surface area is 174 Å². The fourth-order valence-electron chi connectivity index (χ4n) is 4.37. The fraction of sp³-hybridized carbons (Fsp3) is 1.00. The van der Waals surface area contributed by atoms with Crippen LogP contribution in [-0.4, -0.2) is 36.9 Å². The number of alkyl halides is 9. The Balaban J connectivity index is 2.35. The van der Waals surface area contributed by atoms with Crippen molar-refractivity contribution in [3.8, 4) is 0 Å². The lowest BCUT2D eigenvalue weighted by Crippen LogP contribution is -2.42. The molecule has 2 fully saturated rings. The van der Waals surface area contributed by atoms with Gasteiger partial charge in [-0.25, -0.2) is 0 Å². The van der Waals surface area contributed by atoms with Gasteiger partial charge in [-0.3, -0.25) is 13.6 Å². The first-order valence-corrected chi connectivity index (χ1v) is 12.0. The monoisotopic (exact) mass is 492 g/mol. The summed E-state index contributed by atoms with van der Waals surface area (Å²) in [6.45, 7) is 0. The molecule has 2 rings (SSSR count). The molecule has 0 amide bonds. The first-order chi connectivity index (χ1) is 14.1. The lowest BCUT2D eigenvalue weighted by Gasteiger charge is -2.37. The first kappa shape index (κ1) is 26.8. The van der Waals surface area contributed by atoms with E-state index in [1.807, 2.05) is 0 Å². The van der Waals surface area contributed by atoms with Gasteiger partial charge in [-0.05, 0) is 37.5 Å². The summed E-state index contributed by atoms with van der Waals surface area (Å²) < 4.78 is 142. The maximum atomic E-state index is 13.6. The van der Waals surface area contributed by atoms with E-state index in [2.05, 4.69) is 9.05 Å². The highest BCUT2D eigenvalue weighted by Gasteiger charge is 2.56. The Morgan fingerprint density at radius 1 is 0.645 bits per heavy atom. The number of hydrogen-bond donors (Lipinski definition) is 0. The van der Waals surface area contributed by atoms with Crippen molar-refractivity contribution in [3.05, 3.63) is 0 Å². The zero-order valence-corrected chi connectivity index (χ0v) is 17.6. The molecular weight excluding hydrogens is 466 g/mol. The number of rotatable bonds is 7. The van der Waals surface area contributed by atoms with Gasteiger partial charge in [0.1, 0.15) is 6.16 Å². The Bertz CT molecular complexity index is 564. The molecule has 0 heterocycles. The van der Waals surface area contributed by atoms with Crippen molar-refractivity contribution in [2.75, 3.05) is 6.16 Å². The highest BCUT2D eigenvalue weighted by Crippen LogP contribution is 2.59. The third kappa shape index (κ3) is 8.42. The van der Waals surface area contributed by atoms with Crippen LogP contribution in [0.1, 0.15) is 64.2 Å². The third-order valence-electron chi connectivity index (χ3n) is 5.72. The smallest absolute Gasteiger partial charge is 0.295 e. The normalized spacial score (nSPS) is 24.5. The van der Waals surface area contributed by atoms with Crippen molar-refractivity contribution < 1.29 is 53.1 Å². The molecule has 13 heteroatoms. The molecule has 0 aliphatic heterocycles. The minimum atomic E-state index is -5.84. The molecule has 0 saturated heterocycles. The molecule has 2 aliphatic rings. The average Bonchev–Trinajstić information content (AvgIpc) is 2.63. The molecule has 0 radical (unpaired) electrons. The summed E-state index contributed by atoms with van der Waals surface area (Å²) in [6, 6.07) is 0. The van der Waals surface area contributed by atoms with Crippen LogP contribution in [0.15, 0.2) is 0 Å². The largest absolute Gasteiger partial charge is 0.415 e. The second kappa shape index (κ2) is 10.2.